The van der Waals surface area contributed by atoms with Crippen molar-refractivity contribution in [3.05, 3.63) is 66.1 Å². The molecular weight excluding hydrogens is 625 g/mol. The topological polar surface area (TPSA) is 119 Å². The molecule has 4 rings (SSSR count). The number of hydrogen-bond donors (Lipinski definition) is 0. The lowest BCUT2D eigenvalue weighted by molar-refractivity contribution is -0.384. The second-order valence-corrected chi connectivity index (χ2v) is 10.8. The quantitative estimate of drug-likeness (QED) is 0.157. The molecular formula is C26H26IN3O7S. The predicted octanol–water partition coefficient (Wildman–Crippen LogP) is 5.23. The molecule has 10 nitrogen and oxygen atoms in total. The first-order valence-corrected chi connectivity index (χ1v) is 14.0. The molecule has 0 aliphatic carbocycles. The molecule has 0 radical (unpaired) electrons. The Labute approximate surface area is 237 Å². The summed E-state index contributed by atoms with van der Waals surface area (Å²) in [6.45, 7) is 3.45. The maximum absolute atomic E-state index is 13.0. The van der Waals surface area contributed by atoms with Crippen LogP contribution in [0.1, 0.15) is 37.3 Å². The van der Waals surface area contributed by atoms with E-state index in [2.05, 4.69) is 22.6 Å². The molecule has 3 amide bonds. The number of carbonyl (C=O) groups is 3. The zero-order chi connectivity index (χ0) is 27.2. The third-order valence-corrected chi connectivity index (χ3v) is 7.74. The molecule has 0 bridgehead atoms. The van der Waals surface area contributed by atoms with Crippen molar-refractivity contribution in [2.24, 2.45) is 0 Å². The molecule has 2 fully saturated rings. The maximum Gasteiger partial charge on any atom is 0.294 e. The number of thioether (sulfide) groups is 1. The van der Waals surface area contributed by atoms with Gasteiger partial charge in [0.05, 0.1) is 20.0 Å². The van der Waals surface area contributed by atoms with E-state index in [4.69, 9.17) is 9.47 Å². The average Bonchev–Trinajstić information content (AvgIpc) is 3.16. The van der Waals surface area contributed by atoms with E-state index < -0.39 is 16.1 Å². The molecule has 2 aromatic rings. The fraction of sp³-hybridized carbons (Fsp3) is 0.346. The third-order valence-electron chi connectivity index (χ3n) is 6.04. The number of hydrogen-bond acceptors (Lipinski definition) is 8. The number of likely N-dealkylation sites (tertiary alicyclic amines) is 1. The van der Waals surface area contributed by atoms with Crippen molar-refractivity contribution in [2.75, 3.05) is 26.2 Å². The van der Waals surface area contributed by atoms with Crippen LogP contribution in [-0.4, -0.2) is 58.0 Å². The van der Waals surface area contributed by atoms with E-state index in [9.17, 15) is 24.5 Å². The van der Waals surface area contributed by atoms with Gasteiger partial charge >= 0.3 is 0 Å². The molecule has 2 heterocycles. The van der Waals surface area contributed by atoms with Gasteiger partial charge in [0.25, 0.3) is 16.8 Å². The largest absolute Gasteiger partial charge is 0.490 e. The fourth-order valence-electron chi connectivity index (χ4n) is 4.11. The lowest BCUT2D eigenvalue weighted by Crippen LogP contribution is -2.44. The number of nitrogens with zero attached hydrogens (tertiary/aromatic N) is 3. The van der Waals surface area contributed by atoms with Crippen molar-refractivity contribution in [3.63, 3.8) is 0 Å². The summed E-state index contributed by atoms with van der Waals surface area (Å²) in [6.07, 6.45) is 4.56. The lowest BCUT2D eigenvalue weighted by atomic mass is 10.1. The zero-order valence-electron chi connectivity index (χ0n) is 20.7. The fourth-order valence-corrected chi connectivity index (χ4v) is 5.73. The summed E-state index contributed by atoms with van der Waals surface area (Å²) in [6, 6.07) is 9.63. The van der Waals surface area contributed by atoms with Gasteiger partial charge in [0.15, 0.2) is 11.5 Å². The highest BCUT2D eigenvalue weighted by atomic mass is 127. The third kappa shape index (κ3) is 6.65. The van der Waals surface area contributed by atoms with Gasteiger partial charge in [-0.15, -0.1) is 0 Å². The zero-order valence-corrected chi connectivity index (χ0v) is 23.7. The molecule has 200 valence electrons. The molecule has 2 aliphatic heterocycles. The molecule has 0 aromatic heterocycles. The molecule has 0 saturated carbocycles. The van der Waals surface area contributed by atoms with Crippen molar-refractivity contribution < 1.29 is 28.8 Å². The Morgan fingerprint density at radius 2 is 1.84 bits per heavy atom. The summed E-state index contributed by atoms with van der Waals surface area (Å²) in [5.74, 6) is 0.267. The summed E-state index contributed by atoms with van der Waals surface area (Å²) in [5.41, 5.74) is 1.40. The second-order valence-electron chi connectivity index (χ2n) is 8.68. The van der Waals surface area contributed by atoms with Crippen molar-refractivity contribution in [3.8, 4) is 11.5 Å². The first-order chi connectivity index (χ1) is 18.3. The van der Waals surface area contributed by atoms with Crippen LogP contribution in [0, 0.1) is 13.7 Å². The summed E-state index contributed by atoms with van der Waals surface area (Å²) < 4.78 is 12.5. The molecule has 38 heavy (non-hydrogen) atoms. The van der Waals surface area contributed by atoms with E-state index in [0.717, 1.165) is 45.1 Å². The lowest BCUT2D eigenvalue weighted by Gasteiger charge is -2.27. The predicted molar refractivity (Wildman–Crippen MR) is 151 cm³/mol. The monoisotopic (exact) mass is 651 g/mol. The van der Waals surface area contributed by atoms with Crippen LogP contribution >= 0.6 is 34.4 Å². The van der Waals surface area contributed by atoms with Gasteiger partial charge in [-0.25, -0.2) is 0 Å². The van der Waals surface area contributed by atoms with Crippen LogP contribution in [0.3, 0.4) is 0 Å². The van der Waals surface area contributed by atoms with Gasteiger partial charge in [-0.1, -0.05) is 0 Å². The number of halogens is 1. The standard InChI is InChI=1S/C26H26IN3O7S/c1-2-36-21-13-18(12-20(27)24(21)37-16-17-6-8-19(9-7-17)30(34)35)14-22-25(32)29(26(33)38-22)15-23(31)28-10-4-3-5-11-28/h6-9,12-14H,2-5,10-11,15-16H2,1H3/b22-14-. The Morgan fingerprint density at radius 3 is 2.50 bits per heavy atom. The van der Waals surface area contributed by atoms with Gasteiger partial charge in [0.2, 0.25) is 5.91 Å². The van der Waals surface area contributed by atoms with Crippen molar-refractivity contribution in [2.45, 2.75) is 32.8 Å². The molecule has 0 spiro atoms. The van der Waals surface area contributed by atoms with Gasteiger partial charge in [0, 0.05) is 25.2 Å². The Bertz CT molecular complexity index is 1280. The molecule has 2 saturated heterocycles. The van der Waals surface area contributed by atoms with E-state index in [0.29, 0.717) is 36.8 Å². The van der Waals surface area contributed by atoms with Gasteiger partial charge in [0.1, 0.15) is 13.2 Å². The minimum Gasteiger partial charge on any atom is -0.490 e. The summed E-state index contributed by atoms with van der Waals surface area (Å²) in [4.78, 5) is 51.5. The number of nitro groups is 1. The van der Waals surface area contributed by atoms with Crippen LogP contribution in [0.25, 0.3) is 6.08 Å². The van der Waals surface area contributed by atoms with Crippen LogP contribution in [-0.2, 0) is 16.2 Å². The molecule has 2 aromatic carbocycles. The van der Waals surface area contributed by atoms with E-state index in [1.165, 1.54) is 12.1 Å². The molecule has 0 N–H and O–H groups in total. The van der Waals surface area contributed by atoms with Crippen LogP contribution < -0.4 is 9.47 Å². The highest BCUT2D eigenvalue weighted by Crippen LogP contribution is 2.38. The van der Waals surface area contributed by atoms with Crippen molar-refractivity contribution >= 4 is 63.2 Å². The van der Waals surface area contributed by atoms with Gasteiger partial charge in [-0.3, -0.25) is 29.4 Å². The van der Waals surface area contributed by atoms with Crippen LogP contribution in [0.2, 0.25) is 0 Å². The van der Waals surface area contributed by atoms with Crippen LogP contribution in [0.5, 0.6) is 11.5 Å². The molecule has 12 heteroatoms. The van der Waals surface area contributed by atoms with E-state index in [-0.39, 0.29) is 29.7 Å². The van der Waals surface area contributed by atoms with Crippen LogP contribution in [0.15, 0.2) is 41.3 Å². The molecule has 0 atom stereocenters. The number of imide groups is 1. The van der Waals surface area contributed by atoms with E-state index >= 15 is 0 Å². The molecule has 0 unspecified atom stereocenters. The number of amides is 3. The first kappa shape index (κ1) is 27.9. The highest BCUT2D eigenvalue weighted by molar-refractivity contribution is 14.1. The summed E-state index contributed by atoms with van der Waals surface area (Å²) in [5, 5.41) is 10.4. The van der Waals surface area contributed by atoms with Gasteiger partial charge < -0.3 is 14.4 Å². The minimum atomic E-state index is -0.489. The first-order valence-electron chi connectivity index (χ1n) is 12.1. The summed E-state index contributed by atoms with van der Waals surface area (Å²) >= 11 is 2.92. The number of carbonyl (C=O) groups excluding carboxylic acids is 3. The van der Waals surface area contributed by atoms with E-state index in [1.807, 2.05) is 6.92 Å². The Hall–Kier alpha value is -3.13. The normalized spacial score (nSPS) is 16.7. The molecule has 2 aliphatic rings. The maximum atomic E-state index is 13.0. The summed E-state index contributed by atoms with van der Waals surface area (Å²) in [7, 11) is 0. The Kier molecular flexibility index (Phi) is 9.26. The SMILES string of the molecule is CCOc1cc(/C=C2\SC(=O)N(CC(=O)N3CCCCC3)C2=O)cc(I)c1OCc1ccc([N+](=O)[O-])cc1. The Morgan fingerprint density at radius 1 is 1.13 bits per heavy atom. The van der Waals surface area contributed by atoms with Gasteiger partial charge in [-0.05, 0) is 102 Å². The number of benzene rings is 2. The smallest absolute Gasteiger partial charge is 0.294 e. The number of piperidine rings is 1. The minimum absolute atomic E-state index is 0.00274. The Balaban J connectivity index is 1.49. The van der Waals surface area contributed by atoms with Crippen molar-refractivity contribution in [1.82, 2.24) is 9.80 Å². The average molecular weight is 651 g/mol. The number of nitro benzene ring substituents is 1. The number of non-ortho nitro benzene ring substituents is 1. The number of ether oxygens (including phenoxy) is 2. The van der Waals surface area contributed by atoms with E-state index in [1.54, 1.807) is 35.2 Å². The van der Waals surface area contributed by atoms with Crippen LogP contribution in [0.4, 0.5) is 10.5 Å². The second kappa shape index (κ2) is 12.6. The number of rotatable bonds is 9. The van der Waals surface area contributed by atoms with Crippen molar-refractivity contribution in [1.29, 1.82) is 0 Å². The van der Waals surface area contributed by atoms with Gasteiger partial charge in [-0.2, -0.15) is 0 Å². The highest BCUT2D eigenvalue weighted by Gasteiger charge is 2.37.